The van der Waals surface area contributed by atoms with Crippen LogP contribution in [-0.4, -0.2) is 16.2 Å². The Balaban J connectivity index is 1.59. The molecule has 0 saturated heterocycles. The lowest BCUT2D eigenvalue weighted by molar-refractivity contribution is 0.262. The van der Waals surface area contributed by atoms with E-state index in [9.17, 15) is 9.18 Å². The molecule has 0 bridgehead atoms. The summed E-state index contributed by atoms with van der Waals surface area (Å²) in [5.74, 6) is -0.281. The van der Waals surface area contributed by atoms with Crippen LogP contribution >= 0.6 is 22.9 Å². The van der Waals surface area contributed by atoms with Crippen LogP contribution in [0.2, 0.25) is 5.02 Å². The summed E-state index contributed by atoms with van der Waals surface area (Å²) in [5.41, 5.74) is 1.50. The number of anilines is 2. The van der Waals surface area contributed by atoms with E-state index < -0.39 is 6.03 Å². The number of carbonyl (C=O) groups is 1. The monoisotopic (exact) mass is 362 g/mol. The van der Waals surface area contributed by atoms with Crippen molar-refractivity contribution in [3.8, 4) is 0 Å². The van der Waals surface area contributed by atoms with Gasteiger partial charge in [0, 0.05) is 17.1 Å². The second-order valence-corrected chi connectivity index (χ2v) is 6.39. The van der Waals surface area contributed by atoms with Crippen LogP contribution in [0.5, 0.6) is 0 Å². The number of hydrogen-bond acceptors (Lipinski definition) is 4. The number of aromatic nitrogens is 2. The first-order valence-corrected chi connectivity index (χ1v) is 8.18. The van der Waals surface area contributed by atoms with E-state index in [4.69, 9.17) is 11.6 Å². The number of halogens is 2. The third-order valence-electron chi connectivity index (χ3n) is 3.04. The van der Waals surface area contributed by atoms with Crippen LogP contribution in [0.3, 0.4) is 0 Å². The Morgan fingerprint density at radius 1 is 1.12 bits per heavy atom. The van der Waals surface area contributed by atoms with E-state index in [0.29, 0.717) is 22.3 Å². The van der Waals surface area contributed by atoms with E-state index in [1.807, 2.05) is 0 Å². The zero-order chi connectivity index (χ0) is 16.9. The highest BCUT2D eigenvalue weighted by molar-refractivity contribution is 7.15. The molecule has 5 nitrogen and oxygen atoms in total. The van der Waals surface area contributed by atoms with Gasteiger partial charge in [-0.2, -0.15) is 0 Å². The predicted octanol–water partition coefficient (Wildman–Crippen LogP) is 4.57. The minimum absolute atomic E-state index is 0.281. The molecule has 3 aromatic rings. The van der Waals surface area contributed by atoms with Gasteiger partial charge in [-0.3, -0.25) is 5.32 Å². The van der Waals surface area contributed by atoms with Crippen molar-refractivity contribution in [3.05, 3.63) is 69.9 Å². The average Bonchev–Trinajstić information content (AvgIpc) is 2.96. The molecule has 3 rings (SSSR count). The number of carbonyl (C=O) groups excluding carboxylic acids is 1. The molecule has 1 heterocycles. The van der Waals surface area contributed by atoms with E-state index in [1.54, 1.807) is 36.4 Å². The van der Waals surface area contributed by atoms with Gasteiger partial charge in [-0.15, -0.1) is 10.2 Å². The molecule has 1 aromatic heterocycles. The fourth-order valence-electron chi connectivity index (χ4n) is 1.98. The van der Waals surface area contributed by atoms with Gasteiger partial charge in [-0.1, -0.05) is 41.1 Å². The Morgan fingerprint density at radius 2 is 1.92 bits per heavy atom. The van der Waals surface area contributed by atoms with Crippen LogP contribution in [0.1, 0.15) is 10.6 Å². The Bertz CT molecular complexity index is 853. The van der Waals surface area contributed by atoms with Crippen LogP contribution < -0.4 is 10.6 Å². The largest absolute Gasteiger partial charge is 0.325 e. The number of hydrogen-bond donors (Lipinski definition) is 2. The average molecular weight is 363 g/mol. The van der Waals surface area contributed by atoms with Crippen molar-refractivity contribution >= 4 is 39.8 Å². The standard InChI is InChI=1S/C16H12ClFN4OS/c17-11-2-1-3-13(9-11)19-15(23)20-16-22-21-14(24-16)8-10-4-6-12(18)7-5-10/h1-7,9H,8H2,(H2,19,20,22,23). The minimum Gasteiger partial charge on any atom is -0.308 e. The van der Waals surface area contributed by atoms with Gasteiger partial charge in [-0.05, 0) is 35.9 Å². The van der Waals surface area contributed by atoms with Gasteiger partial charge in [0.15, 0.2) is 0 Å². The first-order chi connectivity index (χ1) is 11.6. The van der Waals surface area contributed by atoms with Crippen molar-refractivity contribution in [1.29, 1.82) is 0 Å². The first-order valence-electron chi connectivity index (χ1n) is 6.99. The minimum atomic E-state index is -0.429. The number of nitrogens with zero attached hydrogens (tertiary/aromatic N) is 2. The maximum Gasteiger partial charge on any atom is 0.325 e. The molecule has 24 heavy (non-hydrogen) atoms. The molecule has 0 aliphatic rings. The van der Waals surface area contributed by atoms with E-state index >= 15 is 0 Å². The Hall–Kier alpha value is -2.51. The van der Waals surface area contributed by atoms with Gasteiger partial charge in [0.1, 0.15) is 10.8 Å². The Kier molecular flexibility index (Phi) is 5.02. The quantitative estimate of drug-likeness (QED) is 0.714. The topological polar surface area (TPSA) is 66.9 Å². The second-order valence-electron chi connectivity index (χ2n) is 4.89. The second kappa shape index (κ2) is 7.37. The molecule has 0 radical (unpaired) electrons. The SMILES string of the molecule is O=C(Nc1cccc(Cl)c1)Nc1nnc(Cc2ccc(F)cc2)s1. The Labute approximate surface area is 146 Å². The maximum atomic E-state index is 12.9. The summed E-state index contributed by atoms with van der Waals surface area (Å²) in [6.07, 6.45) is 0.523. The third kappa shape index (κ3) is 4.50. The molecular weight excluding hydrogens is 351 g/mol. The number of nitrogens with one attached hydrogen (secondary N) is 2. The van der Waals surface area contributed by atoms with Gasteiger partial charge < -0.3 is 5.32 Å². The molecule has 0 fully saturated rings. The molecular formula is C16H12ClFN4OS. The predicted molar refractivity (Wildman–Crippen MR) is 93.2 cm³/mol. The highest BCUT2D eigenvalue weighted by Crippen LogP contribution is 2.20. The highest BCUT2D eigenvalue weighted by atomic mass is 35.5. The zero-order valence-electron chi connectivity index (χ0n) is 12.3. The molecule has 0 aliphatic carbocycles. The Morgan fingerprint density at radius 3 is 2.67 bits per heavy atom. The molecule has 2 amide bonds. The molecule has 2 aromatic carbocycles. The fourth-order valence-corrected chi connectivity index (χ4v) is 2.94. The molecule has 2 N–H and O–H groups in total. The van der Waals surface area contributed by atoms with E-state index in [-0.39, 0.29) is 5.82 Å². The van der Waals surface area contributed by atoms with Crippen LogP contribution in [0.4, 0.5) is 20.0 Å². The summed E-state index contributed by atoms with van der Waals surface area (Å²) in [6, 6.07) is 12.6. The van der Waals surface area contributed by atoms with Gasteiger partial charge in [0.25, 0.3) is 0 Å². The molecule has 0 aliphatic heterocycles. The van der Waals surface area contributed by atoms with Crippen molar-refractivity contribution in [3.63, 3.8) is 0 Å². The number of rotatable bonds is 4. The summed E-state index contributed by atoms with van der Waals surface area (Å²) in [4.78, 5) is 11.9. The normalized spacial score (nSPS) is 10.4. The van der Waals surface area contributed by atoms with Crippen molar-refractivity contribution in [2.75, 3.05) is 10.6 Å². The molecule has 122 valence electrons. The van der Waals surface area contributed by atoms with Crippen molar-refractivity contribution in [2.45, 2.75) is 6.42 Å². The lowest BCUT2D eigenvalue weighted by Crippen LogP contribution is -2.19. The first kappa shape index (κ1) is 16.4. The van der Waals surface area contributed by atoms with Crippen LogP contribution in [0.15, 0.2) is 48.5 Å². The van der Waals surface area contributed by atoms with E-state index in [0.717, 1.165) is 10.6 Å². The van der Waals surface area contributed by atoms with E-state index in [1.165, 1.54) is 23.5 Å². The van der Waals surface area contributed by atoms with Crippen LogP contribution in [0, 0.1) is 5.82 Å². The summed E-state index contributed by atoms with van der Waals surface area (Å²) in [5, 5.41) is 14.9. The van der Waals surface area contributed by atoms with E-state index in [2.05, 4.69) is 20.8 Å². The van der Waals surface area contributed by atoms with Gasteiger partial charge in [0.2, 0.25) is 5.13 Å². The third-order valence-corrected chi connectivity index (χ3v) is 4.11. The van der Waals surface area contributed by atoms with Gasteiger partial charge >= 0.3 is 6.03 Å². The maximum absolute atomic E-state index is 12.9. The number of benzene rings is 2. The highest BCUT2D eigenvalue weighted by Gasteiger charge is 2.09. The molecule has 0 atom stereocenters. The number of amides is 2. The van der Waals surface area contributed by atoms with Crippen molar-refractivity contribution in [1.82, 2.24) is 10.2 Å². The fraction of sp³-hybridized carbons (Fsp3) is 0.0625. The summed E-state index contributed by atoms with van der Waals surface area (Å²) in [6.45, 7) is 0. The van der Waals surface area contributed by atoms with Gasteiger partial charge in [-0.25, -0.2) is 9.18 Å². The molecule has 0 saturated carbocycles. The smallest absolute Gasteiger partial charge is 0.308 e. The molecule has 0 unspecified atom stereocenters. The molecule has 8 heteroatoms. The van der Waals surface area contributed by atoms with Crippen LogP contribution in [0.25, 0.3) is 0 Å². The summed E-state index contributed by atoms with van der Waals surface area (Å²) < 4.78 is 12.9. The summed E-state index contributed by atoms with van der Waals surface area (Å²) >= 11 is 7.12. The summed E-state index contributed by atoms with van der Waals surface area (Å²) in [7, 11) is 0. The lowest BCUT2D eigenvalue weighted by atomic mass is 10.2. The van der Waals surface area contributed by atoms with Crippen LogP contribution in [-0.2, 0) is 6.42 Å². The van der Waals surface area contributed by atoms with Crippen molar-refractivity contribution < 1.29 is 9.18 Å². The van der Waals surface area contributed by atoms with Gasteiger partial charge in [0.05, 0.1) is 0 Å². The molecule has 0 spiro atoms. The zero-order valence-corrected chi connectivity index (χ0v) is 13.9. The van der Waals surface area contributed by atoms with Crippen molar-refractivity contribution in [2.24, 2.45) is 0 Å². The lowest BCUT2D eigenvalue weighted by Gasteiger charge is -2.04. The number of urea groups is 1.